The lowest BCUT2D eigenvalue weighted by Gasteiger charge is -2.38. The zero-order valence-electron chi connectivity index (χ0n) is 15.0. The summed E-state index contributed by atoms with van der Waals surface area (Å²) in [5.74, 6) is 1.13. The number of aryl methyl sites for hydroxylation is 2. The molecule has 3 aliphatic rings. The van der Waals surface area contributed by atoms with Gasteiger partial charge in [0, 0.05) is 50.9 Å². The standard InChI is InChI=1S/C20H31N3O/c1-2-24-20-13-17-5-3-4-16(17)12-18(20)15-22-8-10-23(11-9-22)19-6-7-21-14-19/h12-13,19,21H,2-11,14-15H2,1H3. The van der Waals surface area contributed by atoms with Crippen molar-refractivity contribution in [1.29, 1.82) is 0 Å². The zero-order chi connectivity index (χ0) is 16.4. The smallest absolute Gasteiger partial charge is 0.124 e. The molecule has 0 amide bonds. The molecule has 4 nitrogen and oxygen atoms in total. The van der Waals surface area contributed by atoms with E-state index in [2.05, 4.69) is 34.2 Å². The Balaban J connectivity index is 1.40. The van der Waals surface area contributed by atoms with Gasteiger partial charge in [-0.05, 0) is 56.3 Å². The molecule has 24 heavy (non-hydrogen) atoms. The van der Waals surface area contributed by atoms with Gasteiger partial charge in [0.05, 0.1) is 6.61 Å². The summed E-state index contributed by atoms with van der Waals surface area (Å²) in [7, 11) is 0. The van der Waals surface area contributed by atoms with E-state index in [0.29, 0.717) is 0 Å². The van der Waals surface area contributed by atoms with Gasteiger partial charge in [0.1, 0.15) is 5.75 Å². The minimum Gasteiger partial charge on any atom is -0.494 e. The van der Waals surface area contributed by atoms with E-state index in [4.69, 9.17) is 4.74 Å². The monoisotopic (exact) mass is 329 g/mol. The molecule has 0 radical (unpaired) electrons. The first-order valence-corrected chi connectivity index (χ1v) is 9.78. The summed E-state index contributed by atoms with van der Waals surface area (Å²) < 4.78 is 5.96. The minimum atomic E-state index is 0.758. The normalized spacial score (nSPS) is 25.1. The van der Waals surface area contributed by atoms with Crippen LogP contribution in [0.1, 0.15) is 36.5 Å². The summed E-state index contributed by atoms with van der Waals surface area (Å²) in [6.07, 6.45) is 5.10. The Hall–Kier alpha value is -1.10. The maximum absolute atomic E-state index is 5.96. The zero-order valence-corrected chi connectivity index (χ0v) is 15.0. The average molecular weight is 329 g/mol. The fourth-order valence-corrected chi connectivity index (χ4v) is 4.54. The molecule has 1 atom stereocenters. The molecular formula is C20H31N3O. The molecule has 132 valence electrons. The number of ether oxygens (including phenoxy) is 1. The molecule has 1 N–H and O–H groups in total. The van der Waals surface area contributed by atoms with Crippen LogP contribution in [0.4, 0.5) is 0 Å². The number of piperazine rings is 1. The Kier molecular flexibility index (Phi) is 5.06. The summed E-state index contributed by atoms with van der Waals surface area (Å²) in [6.45, 7) is 11.0. The highest BCUT2D eigenvalue weighted by Gasteiger charge is 2.26. The maximum Gasteiger partial charge on any atom is 0.124 e. The predicted molar refractivity (Wildman–Crippen MR) is 97.8 cm³/mol. The van der Waals surface area contributed by atoms with E-state index in [9.17, 15) is 0 Å². The van der Waals surface area contributed by atoms with Crippen molar-refractivity contribution in [1.82, 2.24) is 15.1 Å². The van der Waals surface area contributed by atoms with Gasteiger partial charge >= 0.3 is 0 Å². The number of rotatable bonds is 5. The third-order valence-electron chi connectivity index (χ3n) is 5.93. The molecule has 2 fully saturated rings. The van der Waals surface area contributed by atoms with Gasteiger partial charge in [0.2, 0.25) is 0 Å². The van der Waals surface area contributed by atoms with E-state index < -0.39 is 0 Å². The number of hydrogen-bond donors (Lipinski definition) is 1. The lowest BCUT2D eigenvalue weighted by molar-refractivity contribution is 0.0974. The molecular weight excluding hydrogens is 298 g/mol. The van der Waals surface area contributed by atoms with Crippen molar-refractivity contribution >= 4 is 0 Å². The van der Waals surface area contributed by atoms with Crippen molar-refractivity contribution in [2.24, 2.45) is 0 Å². The highest BCUT2D eigenvalue weighted by Crippen LogP contribution is 2.31. The number of hydrogen-bond acceptors (Lipinski definition) is 4. The molecule has 2 saturated heterocycles. The van der Waals surface area contributed by atoms with Gasteiger partial charge in [0.25, 0.3) is 0 Å². The molecule has 4 heteroatoms. The second-order valence-corrected chi connectivity index (χ2v) is 7.47. The molecule has 0 bridgehead atoms. The van der Waals surface area contributed by atoms with Crippen LogP contribution in [0.2, 0.25) is 0 Å². The molecule has 0 aromatic heterocycles. The predicted octanol–water partition coefficient (Wildman–Crippen LogP) is 2.05. The molecule has 0 saturated carbocycles. The Morgan fingerprint density at radius 2 is 1.92 bits per heavy atom. The SMILES string of the molecule is CCOc1cc2c(cc1CN1CCN(C3CCNC3)CC1)CCC2. The van der Waals surface area contributed by atoms with Crippen LogP contribution in [-0.2, 0) is 19.4 Å². The van der Waals surface area contributed by atoms with Crippen LogP contribution in [-0.4, -0.2) is 61.7 Å². The molecule has 4 rings (SSSR count). The van der Waals surface area contributed by atoms with E-state index in [-0.39, 0.29) is 0 Å². The van der Waals surface area contributed by atoms with Gasteiger partial charge in [0.15, 0.2) is 0 Å². The Bertz CT molecular complexity index is 560. The van der Waals surface area contributed by atoms with E-state index in [1.54, 1.807) is 5.56 Å². The van der Waals surface area contributed by atoms with Crippen molar-refractivity contribution in [3.8, 4) is 5.75 Å². The van der Waals surface area contributed by atoms with Gasteiger partial charge in [-0.3, -0.25) is 9.80 Å². The topological polar surface area (TPSA) is 27.7 Å². The summed E-state index contributed by atoms with van der Waals surface area (Å²) in [5, 5.41) is 3.49. The van der Waals surface area contributed by atoms with Crippen molar-refractivity contribution in [3.63, 3.8) is 0 Å². The maximum atomic E-state index is 5.96. The van der Waals surface area contributed by atoms with Gasteiger partial charge in [-0.2, -0.15) is 0 Å². The Morgan fingerprint density at radius 3 is 2.62 bits per heavy atom. The van der Waals surface area contributed by atoms with Crippen LogP contribution in [0.3, 0.4) is 0 Å². The fraction of sp³-hybridized carbons (Fsp3) is 0.700. The van der Waals surface area contributed by atoms with Crippen LogP contribution in [0.5, 0.6) is 5.75 Å². The van der Waals surface area contributed by atoms with Crippen molar-refractivity contribution in [2.75, 3.05) is 45.9 Å². The van der Waals surface area contributed by atoms with E-state index in [1.165, 1.54) is 76.1 Å². The Labute approximate surface area is 146 Å². The molecule has 1 aromatic rings. The first-order valence-electron chi connectivity index (χ1n) is 9.78. The Morgan fingerprint density at radius 1 is 1.12 bits per heavy atom. The van der Waals surface area contributed by atoms with Crippen LogP contribution in [0, 0.1) is 0 Å². The first kappa shape index (κ1) is 16.4. The number of nitrogens with one attached hydrogen (secondary N) is 1. The van der Waals surface area contributed by atoms with Gasteiger partial charge < -0.3 is 10.1 Å². The minimum absolute atomic E-state index is 0.758. The van der Waals surface area contributed by atoms with Gasteiger partial charge in [-0.1, -0.05) is 6.07 Å². The average Bonchev–Trinajstić information content (AvgIpc) is 3.27. The third-order valence-corrected chi connectivity index (χ3v) is 5.93. The summed E-state index contributed by atoms with van der Waals surface area (Å²) in [6, 6.07) is 5.52. The van der Waals surface area contributed by atoms with E-state index >= 15 is 0 Å². The molecule has 2 heterocycles. The quantitative estimate of drug-likeness (QED) is 0.895. The second kappa shape index (κ2) is 7.42. The molecule has 2 aliphatic heterocycles. The van der Waals surface area contributed by atoms with E-state index in [1.807, 2.05) is 0 Å². The van der Waals surface area contributed by atoms with Crippen molar-refractivity contribution in [3.05, 3.63) is 28.8 Å². The van der Waals surface area contributed by atoms with Crippen molar-refractivity contribution in [2.45, 2.75) is 45.2 Å². The highest BCUT2D eigenvalue weighted by molar-refractivity contribution is 5.44. The van der Waals surface area contributed by atoms with Crippen LogP contribution < -0.4 is 10.1 Å². The fourth-order valence-electron chi connectivity index (χ4n) is 4.54. The van der Waals surface area contributed by atoms with Crippen LogP contribution >= 0.6 is 0 Å². The van der Waals surface area contributed by atoms with E-state index in [0.717, 1.165) is 24.9 Å². The van der Waals surface area contributed by atoms with Gasteiger partial charge in [-0.25, -0.2) is 0 Å². The van der Waals surface area contributed by atoms with Crippen molar-refractivity contribution < 1.29 is 4.74 Å². The molecule has 1 unspecified atom stereocenters. The number of fused-ring (bicyclic) bond motifs is 1. The second-order valence-electron chi connectivity index (χ2n) is 7.47. The summed E-state index contributed by atoms with van der Waals surface area (Å²) in [4.78, 5) is 5.29. The number of nitrogens with zero attached hydrogens (tertiary/aromatic N) is 2. The van der Waals surface area contributed by atoms with Crippen LogP contribution in [0.25, 0.3) is 0 Å². The highest BCUT2D eigenvalue weighted by atomic mass is 16.5. The summed E-state index contributed by atoms with van der Waals surface area (Å²) in [5.41, 5.74) is 4.47. The lowest BCUT2D eigenvalue weighted by atomic mass is 10.0. The third kappa shape index (κ3) is 3.46. The molecule has 1 aliphatic carbocycles. The summed E-state index contributed by atoms with van der Waals surface area (Å²) >= 11 is 0. The van der Waals surface area contributed by atoms with Gasteiger partial charge in [-0.15, -0.1) is 0 Å². The molecule has 0 spiro atoms. The first-order chi connectivity index (χ1) is 11.8. The molecule has 1 aromatic carbocycles. The van der Waals surface area contributed by atoms with Crippen LogP contribution in [0.15, 0.2) is 12.1 Å². The number of benzene rings is 1. The largest absolute Gasteiger partial charge is 0.494 e. The lowest BCUT2D eigenvalue weighted by Crippen LogP contribution is -2.50.